The van der Waals surface area contributed by atoms with Crippen molar-refractivity contribution in [2.45, 2.75) is 32.5 Å². The average Bonchev–Trinajstić information content (AvgIpc) is 2.78. The van der Waals surface area contributed by atoms with E-state index in [2.05, 4.69) is 54.0 Å². The smallest absolute Gasteiger partial charge is 0.237 e. The Balaban J connectivity index is 1.52. The molecule has 2 N–H and O–H groups in total. The van der Waals surface area contributed by atoms with E-state index in [1.165, 1.54) is 11.1 Å². The third-order valence-corrected chi connectivity index (χ3v) is 5.04. The van der Waals surface area contributed by atoms with E-state index < -0.39 is 0 Å². The van der Waals surface area contributed by atoms with Crippen LogP contribution in [0.4, 0.5) is 0 Å². The summed E-state index contributed by atoms with van der Waals surface area (Å²) in [6, 6.07) is 26.2. The third kappa shape index (κ3) is 5.69. The molecule has 3 aromatic carbocycles. The fraction of sp³-hybridized carbons (Fsp3) is 0.240. The summed E-state index contributed by atoms with van der Waals surface area (Å²) < 4.78 is 5.15. The number of methoxy groups -OCH3 is 1. The van der Waals surface area contributed by atoms with Crippen LogP contribution in [0.1, 0.15) is 31.0 Å². The first-order valence-corrected chi connectivity index (χ1v) is 9.89. The second-order valence-electron chi connectivity index (χ2n) is 7.16. The standard InChI is InChI=1S/C25H28N2O2/c1-18(21-11-13-23(14-12-21)22-7-5-4-6-8-22)27-19(2)25(28)26-17-20-9-15-24(29-3)16-10-20/h4-16,18-19,27H,17H2,1-3H3,(H,26,28)/t18-,19+/m0/s1. The minimum atomic E-state index is -0.294. The molecule has 0 spiro atoms. The molecule has 0 heterocycles. The molecular formula is C25H28N2O2. The summed E-state index contributed by atoms with van der Waals surface area (Å²) in [7, 11) is 1.64. The number of carbonyl (C=O) groups is 1. The van der Waals surface area contributed by atoms with Gasteiger partial charge in [0.25, 0.3) is 0 Å². The second kappa shape index (κ2) is 9.89. The van der Waals surface area contributed by atoms with Crippen molar-refractivity contribution >= 4 is 5.91 Å². The normalized spacial score (nSPS) is 12.8. The number of rotatable bonds is 8. The van der Waals surface area contributed by atoms with E-state index in [1.54, 1.807) is 7.11 Å². The second-order valence-corrected chi connectivity index (χ2v) is 7.16. The highest BCUT2D eigenvalue weighted by Crippen LogP contribution is 2.22. The van der Waals surface area contributed by atoms with Gasteiger partial charge in [-0.1, -0.05) is 66.7 Å². The van der Waals surface area contributed by atoms with Crippen LogP contribution in [0.25, 0.3) is 11.1 Å². The number of hydrogen-bond acceptors (Lipinski definition) is 3. The first-order chi connectivity index (χ1) is 14.1. The molecule has 2 atom stereocenters. The first-order valence-electron chi connectivity index (χ1n) is 9.89. The molecule has 150 valence electrons. The number of benzene rings is 3. The van der Waals surface area contributed by atoms with Crippen LogP contribution < -0.4 is 15.4 Å². The first kappa shape index (κ1) is 20.6. The molecule has 1 amide bonds. The molecule has 3 rings (SSSR count). The highest BCUT2D eigenvalue weighted by Gasteiger charge is 2.16. The van der Waals surface area contributed by atoms with Gasteiger partial charge in [-0.15, -0.1) is 0 Å². The van der Waals surface area contributed by atoms with E-state index in [0.29, 0.717) is 6.54 Å². The van der Waals surface area contributed by atoms with Crippen LogP contribution in [0.15, 0.2) is 78.9 Å². The predicted molar refractivity (Wildman–Crippen MR) is 118 cm³/mol. The number of amides is 1. The van der Waals surface area contributed by atoms with Crippen LogP contribution in [-0.2, 0) is 11.3 Å². The Morgan fingerprint density at radius 3 is 2.10 bits per heavy atom. The van der Waals surface area contributed by atoms with Gasteiger partial charge in [0.2, 0.25) is 5.91 Å². The van der Waals surface area contributed by atoms with Gasteiger partial charge in [-0.3, -0.25) is 10.1 Å². The van der Waals surface area contributed by atoms with Crippen LogP contribution in [-0.4, -0.2) is 19.1 Å². The number of carbonyl (C=O) groups excluding carboxylic acids is 1. The zero-order valence-electron chi connectivity index (χ0n) is 17.2. The van der Waals surface area contributed by atoms with Crippen molar-refractivity contribution in [3.8, 4) is 16.9 Å². The van der Waals surface area contributed by atoms with Gasteiger partial charge in [-0.25, -0.2) is 0 Å². The lowest BCUT2D eigenvalue weighted by Gasteiger charge is -2.20. The fourth-order valence-corrected chi connectivity index (χ4v) is 3.23. The van der Waals surface area contributed by atoms with Crippen LogP contribution in [0.3, 0.4) is 0 Å². The number of hydrogen-bond donors (Lipinski definition) is 2. The van der Waals surface area contributed by atoms with E-state index >= 15 is 0 Å². The fourth-order valence-electron chi connectivity index (χ4n) is 3.23. The van der Waals surface area contributed by atoms with E-state index in [1.807, 2.05) is 49.4 Å². The largest absolute Gasteiger partial charge is 0.497 e. The molecular weight excluding hydrogens is 360 g/mol. The number of nitrogens with one attached hydrogen (secondary N) is 2. The molecule has 4 nitrogen and oxygen atoms in total. The van der Waals surface area contributed by atoms with E-state index in [0.717, 1.165) is 16.9 Å². The van der Waals surface area contributed by atoms with E-state index in [-0.39, 0.29) is 18.0 Å². The van der Waals surface area contributed by atoms with Crippen molar-refractivity contribution in [2.75, 3.05) is 7.11 Å². The van der Waals surface area contributed by atoms with Gasteiger partial charge in [0.05, 0.1) is 13.2 Å². The van der Waals surface area contributed by atoms with Crippen molar-refractivity contribution in [3.05, 3.63) is 90.0 Å². The van der Waals surface area contributed by atoms with Crippen molar-refractivity contribution < 1.29 is 9.53 Å². The van der Waals surface area contributed by atoms with Crippen LogP contribution in [0.2, 0.25) is 0 Å². The third-order valence-electron chi connectivity index (χ3n) is 5.04. The molecule has 4 heteroatoms. The molecule has 0 aromatic heterocycles. The summed E-state index contributed by atoms with van der Waals surface area (Å²) in [4.78, 5) is 12.4. The maximum absolute atomic E-state index is 12.4. The molecule has 0 saturated carbocycles. The van der Waals surface area contributed by atoms with Gasteiger partial charge in [-0.2, -0.15) is 0 Å². The predicted octanol–water partition coefficient (Wildman–Crippen LogP) is 4.72. The summed E-state index contributed by atoms with van der Waals surface area (Å²) in [5.41, 5.74) is 4.58. The lowest BCUT2D eigenvalue weighted by Crippen LogP contribution is -2.42. The van der Waals surface area contributed by atoms with Gasteiger partial charge >= 0.3 is 0 Å². The Hall–Kier alpha value is -3.11. The molecule has 0 aliphatic rings. The Labute approximate surface area is 172 Å². The topological polar surface area (TPSA) is 50.4 Å². The van der Waals surface area contributed by atoms with Crippen molar-refractivity contribution in [1.29, 1.82) is 0 Å². The molecule has 29 heavy (non-hydrogen) atoms. The Morgan fingerprint density at radius 1 is 0.862 bits per heavy atom. The lowest BCUT2D eigenvalue weighted by molar-refractivity contribution is -0.123. The summed E-state index contributed by atoms with van der Waals surface area (Å²) in [6.07, 6.45) is 0. The van der Waals surface area contributed by atoms with Crippen LogP contribution in [0, 0.1) is 0 Å². The minimum Gasteiger partial charge on any atom is -0.497 e. The summed E-state index contributed by atoms with van der Waals surface area (Å²) in [6.45, 7) is 4.46. The Morgan fingerprint density at radius 2 is 1.48 bits per heavy atom. The van der Waals surface area contributed by atoms with Gasteiger partial charge in [0.15, 0.2) is 0 Å². The summed E-state index contributed by atoms with van der Waals surface area (Å²) in [5.74, 6) is 0.788. The molecule has 0 aliphatic heterocycles. The summed E-state index contributed by atoms with van der Waals surface area (Å²) >= 11 is 0. The zero-order valence-corrected chi connectivity index (χ0v) is 17.2. The highest BCUT2D eigenvalue weighted by molar-refractivity contribution is 5.81. The van der Waals surface area contributed by atoms with Crippen molar-refractivity contribution in [2.24, 2.45) is 0 Å². The molecule has 0 aliphatic carbocycles. The maximum atomic E-state index is 12.4. The molecule has 0 fully saturated rings. The average molecular weight is 389 g/mol. The van der Waals surface area contributed by atoms with Crippen LogP contribution >= 0.6 is 0 Å². The quantitative estimate of drug-likeness (QED) is 0.587. The zero-order chi connectivity index (χ0) is 20.6. The molecule has 0 unspecified atom stereocenters. The summed E-state index contributed by atoms with van der Waals surface area (Å²) in [5, 5.41) is 6.36. The molecule has 0 radical (unpaired) electrons. The van der Waals surface area contributed by atoms with E-state index in [4.69, 9.17) is 4.74 Å². The Kier molecular flexibility index (Phi) is 7.04. The van der Waals surface area contributed by atoms with Gasteiger partial charge in [0, 0.05) is 12.6 Å². The van der Waals surface area contributed by atoms with Crippen molar-refractivity contribution in [1.82, 2.24) is 10.6 Å². The SMILES string of the molecule is COc1ccc(CNC(=O)[C@@H](C)N[C@@H](C)c2ccc(-c3ccccc3)cc2)cc1. The minimum absolute atomic E-state index is 0.0198. The molecule has 3 aromatic rings. The van der Waals surface area contributed by atoms with Gasteiger partial charge in [-0.05, 0) is 48.2 Å². The highest BCUT2D eigenvalue weighted by atomic mass is 16.5. The maximum Gasteiger partial charge on any atom is 0.237 e. The Bertz CT molecular complexity index is 906. The van der Waals surface area contributed by atoms with Crippen LogP contribution in [0.5, 0.6) is 5.75 Å². The monoisotopic (exact) mass is 388 g/mol. The molecule has 0 saturated heterocycles. The van der Waals surface area contributed by atoms with Gasteiger partial charge < -0.3 is 10.1 Å². The molecule has 0 bridgehead atoms. The van der Waals surface area contributed by atoms with Crippen molar-refractivity contribution in [3.63, 3.8) is 0 Å². The van der Waals surface area contributed by atoms with E-state index in [9.17, 15) is 4.79 Å². The number of ether oxygens (including phenoxy) is 1. The lowest BCUT2D eigenvalue weighted by atomic mass is 10.0. The van der Waals surface area contributed by atoms with Gasteiger partial charge in [0.1, 0.15) is 5.75 Å².